The van der Waals surface area contributed by atoms with Gasteiger partial charge < -0.3 is 10.2 Å². The van der Waals surface area contributed by atoms with Crippen molar-refractivity contribution >= 4 is 11.6 Å². The van der Waals surface area contributed by atoms with Crippen LogP contribution in [0.25, 0.3) is 0 Å². The molecule has 0 bridgehead atoms. The van der Waals surface area contributed by atoms with Crippen molar-refractivity contribution in [1.29, 1.82) is 0 Å². The summed E-state index contributed by atoms with van der Waals surface area (Å²) in [6.07, 6.45) is 2.30. The highest BCUT2D eigenvalue weighted by Crippen LogP contribution is 2.14. The van der Waals surface area contributed by atoms with Gasteiger partial charge in [0.15, 0.2) is 0 Å². The van der Waals surface area contributed by atoms with Gasteiger partial charge in [0, 0.05) is 17.6 Å². The van der Waals surface area contributed by atoms with Crippen LogP contribution in [0.2, 0.25) is 5.02 Å². The molecule has 1 aromatic rings. The lowest BCUT2D eigenvalue weighted by Gasteiger charge is -2.19. The number of benzene rings is 1. The van der Waals surface area contributed by atoms with Gasteiger partial charge in [0.05, 0.1) is 0 Å². The number of nitrogens with one attached hydrogen (secondary N) is 1. The molecular formula is C16H26ClFN2. The van der Waals surface area contributed by atoms with Crippen LogP contribution in [0.4, 0.5) is 4.39 Å². The van der Waals surface area contributed by atoms with E-state index in [1.54, 1.807) is 6.07 Å². The standard InChI is InChI=1S/C16H26ClFN2/c1-4-20(5-2)8-6-7-13(3)19-12-14-9-15(17)11-16(18)10-14/h9-11,13,19H,4-8,12H2,1-3H3. The van der Waals surface area contributed by atoms with E-state index >= 15 is 0 Å². The van der Waals surface area contributed by atoms with Gasteiger partial charge in [0.2, 0.25) is 0 Å². The molecule has 0 aliphatic rings. The van der Waals surface area contributed by atoms with Crippen molar-refractivity contribution < 1.29 is 4.39 Å². The van der Waals surface area contributed by atoms with Crippen molar-refractivity contribution in [3.63, 3.8) is 0 Å². The molecule has 0 aromatic heterocycles. The summed E-state index contributed by atoms with van der Waals surface area (Å²) in [5.74, 6) is -0.275. The number of halogens is 2. The van der Waals surface area contributed by atoms with E-state index in [0.29, 0.717) is 17.6 Å². The maximum absolute atomic E-state index is 13.2. The third-order valence-electron chi connectivity index (χ3n) is 3.58. The van der Waals surface area contributed by atoms with Crippen LogP contribution in [-0.4, -0.2) is 30.6 Å². The fraction of sp³-hybridized carbons (Fsp3) is 0.625. The Hall–Kier alpha value is -0.640. The minimum absolute atomic E-state index is 0.275. The van der Waals surface area contributed by atoms with Crippen molar-refractivity contribution in [3.8, 4) is 0 Å². The normalized spacial score (nSPS) is 12.9. The van der Waals surface area contributed by atoms with Crippen molar-refractivity contribution in [2.24, 2.45) is 0 Å². The minimum atomic E-state index is -0.275. The molecule has 0 spiro atoms. The van der Waals surface area contributed by atoms with Gasteiger partial charge >= 0.3 is 0 Å². The number of nitrogens with zero attached hydrogens (tertiary/aromatic N) is 1. The Morgan fingerprint density at radius 3 is 2.55 bits per heavy atom. The van der Waals surface area contributed by atoms with Gasteiger partial charge in [0.1, 0.15) is 5.82 Å². The molecule has 0 saturated carbocycles. The summed E-state index contributed by atoms with van der Waals surface area (Å²) in [5, 5.41) is 3.87. The number of hydrogen-bond acceptors (Lipinski definition) is 2. The zero-order valence-electron chi connectivity index (χ0n) is 12.8. The summed E-state index contributed by atoms with van der Waals surface area (Å²) in [6.45, 7) is 10.6. The first-order chi connectivity index (χ1) is 9.55. The maximum atomic E-state index is 13.2. The second kappa shape index (κ2) is 9.32. The largest absolute Gasteiger partial charge is 0.310 e. The van der Waals surface area contributed by atoms with Crippen LogP contribution in [0.3, 0.4) is 0 Å². The summed E-state index contributed by atoms with van der Waals surface area (Å²) in [7, 11) is 0. The van der Waals surface area contributed by atoms with E-state index in [9.17, 15) is 4.39 Å². The summed E-state index contributed by atoms with van der Waals surface area (Å²) in [4.78, 5) is 2.43. The van der Waals surface area contributed by atoms with Crippen LogP contribution in [0, 0.1) is 5.82 Å². The molecule has 4 heteroatoms. The molecule has 0 saturated heterocycles. The third-order valence-corrected chi connectivity index (χ3v) is 3.80. The highest BCUT2D eigenvalue weighted by atomic mass is 35.5. The lowest BCUT2D eigenvalue weighted by atomic mass is 10.1. The van der Waals surface area contributed by atoms with Crippen molar-refractivity contribution in [3.05, 3.63) is 34.6 Å². The Bertz CT molecular complexity index is 374. The zero-order valence-corrected chi connectivity index (χ0v) is 13.5. The molecule has 2 nitrogen and oxygen atoms in total. The summed E-state index contributed by atoms with van der Waals surface area (Å²) in [6, 6.07) is 5.09. The molecule has 0 fully saturated rings. The van der Waals surface area contributed by atoms with Crippen molar-refractivity contribution in [1.82, 2.24) is 10.2 Å². The van der Waals surface area contributed by atoms with E-state index in [-0.39, 0.29) is 5.82 Å². The topological polar surface area (TPSA) is 15.3 Å². The molecule has 114 valence electrons. The molecule has 1 N–H and O–H groups in total. The zero-order chi connectivity index (χ0) is 15.0. The highest BCUT2D eigenvalue weighted by Gasteiger charge is 2.05. The lowest BCUT2D eigenvalue weighted by molar-refractivity contribution is 0.290. The molecule has 0 radical (unpaired) electrons. The van der Waals surface area contributed by atoms with E-state index in [1.165, 1.54) is 18.6 Å². The SMILES string of the molecule is CCN(CC)CCCC(C)NCc1cc(F)cc(Cl)c1. The minimum Gasteiger partial charge on any atom is -0.310 e. The van der Waals surface area contributed by atoms with Crippen LogP contribution >= 0.6 is 11.6 Å². The second-order valence-electron chi connectivity index (χ2n) is 5.23. The summed E-state index contributed by atoms with van der Waals surface area (Å²) >= 11 is 5.84. The fourth-order valence-corrected chi connectivity index (χ4v) is 2.51. The lowest BCUT2D eigenvalue weighted by Crippen LogP contribution is -2.28. The van der Waals surface area contributed by atoms with Gasteiger partial charge in [-0.3, -0.25) is 0 Å². The van der Waals surface area contributed by atoms with Crippen LogP contribution in [0.1, 0.15) is 39.2 Å². The monoisotopic (exact) mass is 300 g/mol. The quantitative estimate of drug-likeness (QED) is 0.739. The van der Waals surface area contributed by atoms with Gasteiger partial charge in [-0.05, 0) is 63.2 Å². The van der Waals surface area contributed by atoms with Crippen LogP contribution in [0.15, 0.2) is 18.2 Å². The molecule has 0 heterocycles. The first-order valence-electron chi connectivity index (χ1n) is 7.45. The maximum Gasteiger partial charge on any atom is 0.125 e. The van der Waals surface area contributed by atoms with E-state index < -0.39 is 0 Å². The third kappa shape index (κ3) is 6.69. The molecule has 0 aliphatic heterocycles. The van der Waals surface area contributed by atoms with Crippen LogP contribution in [-0.2, 0) is 6.54 Å². The average Bonchev–Trinajstić information content (AvgIpc) is 2.40. The Labute approximate surface area is 127 Å². The van der Waals surface area contributed by atoms with Crippen LogP contribution in [0.5, 0.6) is 0 Å². The summed E-state index contributed by atoms with van der Waals surface area (Å²) in [5.41, 5.74) is 0.894. The molecule has 0 aliphatic carbocycles. The van der Waals surface area contributed by atoms with Crippen molar-refractivity contribution in [2.75, 3.05) is 19.6 Å². The van der Waals surface area contributed by atoms with Gasteiger partial charge in [-0.25, -0.2) is 4.39 Å². The van der Waals surface area contributed by atoms with E-state index in [2.05, 4.69) is 31.0 Å². The fourth-order valence-electron chi connectivity index (χ4n) is 2.27. The van der Waals surface area contributed by atoms with Gasteiger partial charge in [0.25, 0.3) is 0 Å². The van der Waals surface area contributed by atoms with Crippen molar-refractivity contribution in [2.45, 2.75) is 46.2 Å². The highest BCUT2D eigenvalue weighted by molar-refractivity contribution is 6.30. The first kappa shape index (κ1) is 17.4. The second-order valence-corrected chi connectivity index (χ2v) is 5.67. The van der Waals surface area contributed by atoms with Gasteiger partial charge in [-0.1, -0.05) is 25.4 Å². The Kier molecular flexibility index (Phi) is 8.12. The summed E-state index contributed by atoms with van der Waals surface area (Å²) < 4.78 is 13.2. The molecule has 1 rings (SSSR count). The average molecular weight is 301 g/mol. The molecular weight excluding hydrogens is 275 g/mol. The smallest absolute Gasteiger partial charge is 0.125 e. The predicted molar refractivity (Wildman–Crippen MR) is 84.7 cm³/mol. The van der Waals surface area contributed by atoms with E-state index in [0.717, 1.165) is 31.6 Å². The molecule has 1 atom stereocenters. The van der Waals surface area contributed by atoms with Gasteiger partial charge in [-0.2, -0.15) is 0 Å². The molecule has 0 amide bonds. The van der Waals surface area contributed by atoms with E-state index in [4.69, 9.17) is 11.6 Å². The van der Waals surface area contributed by atoms with Crippen LogP contribution < -0.4 is 5.32 Å². The number of hydrogen-bond donors (Lipinski definition) is 1. The molecule has 1 aromatic carbocycles. The Morgan fingerprint density at radius 1 is 1.25 bits per heavy atom. The number of rotatable bonds is 9. The predicted octanol–water partition coefficient (Wildman–Crippen LogP) is 4.08. The molecule has 1 unspecified atom stereocenters. The Morgan fingerprint density at radius 2 is 1.95 bits per heavy atom. The van der Waals surface area contributed by atoms with Gasteiger partial charge in [-0.15, -0.1) is 0 Å². The Balaban J connectivity index is 2.27. The first-order valence-corrected chi connectivity index (χ1v) is 7.83. The van der Waals surface area contributed by atoms with E-state index in [1.807, 2.05) is 0 Å². The molecule has 20 heavy (non-hydrogen) atoms.